The van der Waals surface area contributed by atoms with E-state index in [0.29, 0.717) is 11.3 Å². The third kappa shape index (κ3) is 4.69. The molecule has 0 fully saturated rings. The molecular weight excluding hydrogens is 236 g/mol. The third-order valence-electron chi connectivity index (χ3n) is 1.95. The number of carbonyl (C=O) groups is 2. The molecule has 0 aliphatic carbocycles. The van der Waals surface area contributed by atoms with Crippen molar-refractivity contribution in [3.05, 3.63) is 35.9 Å². The molecule has 0 heterocycles. The molecule has 5 nitrogen and oxygen atoms in total. The maximum atomic E-state index is 10.8. The highest BCUT2D eigenvalue weighted by molar-refractivity contribution is 5.85. The minimum absolute atomic E-state index is 0.443. The summed E-state index contributed by atoms with van der Waals surface area (Å²) in [5.41, 5.74) is 0.596. The van der Waals surface area contributed by atoms with E-state index in [2.05, 4.69) is 0 Å². The number of benzene rings is 1. The molecule has 1 rings (SSSR count). The number of esters is 1. The first-order valence-electron chi connectivity index (χ1n) is 5.33. The Labute approximate surface area is 105 Å². The van der Waals surface area contributed by atoms with Crippen molar-refractivity contribution in [3.63, 3.8) is 0 Å². The smallest absolute Gasteiger partial charge is 0.328 e. The summed E-state index contributed by atoms with van der Waals surface area (Å²) >= 11 is 0. The number of carboxylic acid groups (broad SMARTS) is 1. The molecule has 0 amide bonds. The van der Waals surface area contributed by atoms with E-state index in [1.54, 1.807) is 31.2 Å². The number of carbonyl (C=O) groups excluding carboxylic acids is 1. The second-order valence-corrected chi connectivity index (χ2v) is 3.50. The summed E-state index contributed by atoms with van der Waals surface area (Å²) in [6, 6.07) is 6.87. The van der Waals surface area contributed by atoms with Crippen molar-refractivity contribution < 1.29 is 24.2 Å². The molecule has 0 radical (unpaired) electrons. The molecule has 0 aromatic heterocycles. The Balaban J connectivity index is 2.82. The maximum Gasteiger partial charge on any atom is 0.328 e. The quantitative estimate of drug-likeness (QED) is 0.492. The lowest BCUT2D eigenvalue weighted by Gasteiger charge is -2.15. The summed E-state index contributed by atoms with van der Waals surface area (Å²) in [6.45, 7) is 2.87. The van der Waals surface area contributed by atoms with Gasteiger partial charge in [-0.3, -0.25) is 4.79 Å². The Morgan fingerprint density at radius 2 is 2.00 bits per heavy atom. The van der Waals surface area contributed by atoms with Crippen LogP contribution in [0.4, 0.5) is 0 Å². The summed E-state index contributed by atoms with van der Waals surface area (Å²) in [7, 11) is 0. The van der Waals surface area contributed by atoms with Gasteiger partial charge in [-0.25, -0.2) is 4.79 Å². The zero-order valence-corrected chi connectivity index (χ0v) is 10.1. The standard InChI is InChI=1S/C13H14O5/c1-9(14)17-10(2)18-12-6-4-3-5-11(12)7-8-13(15)16/h3-8,10H,1-2H3,(H,15,16)/b8-7+. The molecule has 1 unspecified atom stereocenters. The zero-order chi connectivity index (χ0) is 13.5. The molecule has 0 spiro atoms. The molecule has 0 bridgehead atoms. The second-order valence-electron chi connectivity index (χ2n) is 3.50. The van der Waals surface area contributed by atoms with Crippen molar-refractivity contribution in [2.75, 3.05) is 0 Å². The number of hydrogen-bond donors (Lipinski definition) is 1. The van der Waals surface area contributed by atoms with Crippen LogP contribution in [0, 0.1) is 0 Å². The molecule has 0 saturated heterocycles. The molecule has 0 aliphatic heterocycles. The topological polar surface area (TPSA) is 72.8 Å². The van der Waals surface area contributed by atoms with E-state index >= 15 is 0 Å². The molecule has 1 N–H and O–H groups in total. The van der Waals surface area contributed by atoms with E-state index in [1.165, 1.54) is 13.0 Å². The van der Waals surface area contributed by atoms with Crippen LogP contribution in [0.2, 0.25) is 0 Å². The first kappa shape index (κ1) is 13.8. The number of carboxylic acids is 1. The molecule has 18 heavy (non-hydrogen) atoms. The van der Waals surface area contributed by atoms with Crippen molar-refractivity contribution >= 4 is 18.0 Å². The van der Waals surface area contributed by atoms with Gasteiger partial charge < -0.3 is 14.6 Å². The molecule has 0 aliphatic rings. The van der Waals surface area contributed by atoms with Crippen LogP contribution in [0.15, 0.2) is 30.3 Å². The molecular formula is C13H14O5. The average Bonchev–Trinajstić information content (AvgIpc) is 2.26. The van der Waals surface area contributed by atoms with Crippen LogP contribution in [0.3, 0.4) is 0 Å². The van der Waals surface area contributed by atoms with E-state index in [0.717, 1.165) is 6.08 Å². The van der Waals surface area contributed by atoms with Gasteiger partial charge >= 0.3 is 11.9 Å². The zero-order valence-electron chi connectivity index (χ0n) is 10.1. The van der Waals surface area contributed by atoms with E-state index < -0.39 is 18.2 Å². The lowest BCUT2D eigenvalue weighted by molar-refractivity contribution is -0.158. The molecule has 0 saturated carbocycles. The maximum absolute atomic E-state index is 10.8. The lowest BCUT2D eigenvalue weighted by Crippen LogP contribution is -2.19. The fourth-order valence-electron chi connectivity index (χ4n) is 1.32. The van der Waals surface area contributed by atoms with Crippen LogP contribution >= 0.6 is 0 Å². The molecule has 96 valence electrons. The van der Waals surface area contributed by atoms with E-state index in [4.69, 9.17) is 14.6 Å². The molecule has 5 heteroatoms. The second kappa shape index (κ2) is 6.44. The van der Waals surface area contributed by atoms with Crippen molar-refractivity contribution in [2.24, 2.45) is 0 Å². The van der Waals surface area contributed by atoms with Gasteiger partial charge in [0.05, 0.1) is 0 Å². The van der Waals surface area contributed by atoms with Crippen molar-refractivity contribution in [1.29, 1.82) is 0 Å². The van der Waals surface area contributed by atoms with Gasteiger partial charge in [0, 0.05) is 25.5 Å². The predicted octanol–water partition coefficient (Wildman–Crippen LogP) is 2.07. The fraction of sp³-hybridized carbons (Fsp3) is 0.231. The first-order valence-corrected chi connectivity index (χ1v) is 5.33. The lowest BCUT2D eigenvalue weighted by atomic mass is 10.2. The Bertz CT molecular complexity index is 464. The average molecular weight is 250 g/mol. The first-order chi connectivity index (χ1) is 8.49. The summed E-state index contributed by atoms with van der Waals surface area (Å²) in [5, 5.41) is 8.57. The van der Waals surface area contributed by atoms with Gasteiger partial charge in [-0.15, -0.1) is 0 Å². The van der Waals surface area contributed by atoms with Crippen LogP contribution in [0.5, 0.6) is 5.75 Å². The monoisotopic (exact) mass is 250 g/mol. The highest BCUT2D eigenvalue weighted by Crippen LogP contribution is 2.21. The van der Waals surface area contributed by atoms with Crippen molar-refractivity contribution in [1.82, 2.24) is 0 Å². The fourth-order valence-corrected chi connectivity index (χ4v) is 1.32. The number of hydrogen-bond acceptors (Lipinski definition) is 4. The van der Waals surface area contributed by atoms with Crippen LogP contribution in [-0.4, -0.2) is 23.3 Å². The van der Waals surface area contributed by atoms with Crippen LogP contribution in [0.1, 0.15) is 19.4 Å². The Morgan fingerprint density at radius 3 is 2.61 bits per heavy atom. The molecule has 1 aromatic carbocycles. The summed E-state index contributed by atoms with van der Waals surface area (Å²) < 4.78 is 10.2. The highest BCUT2D eigenvalue weighted by atomic mass is 16.7. The summed E-state index contributed by atoms with van der Waals surface area (Å²) in [6.07, 6.45) is 1.69. The van der Waals surface area contributed by atoms with Gasteiger partial charge in [0.2, 0.25) is 6.29 Å². The van der Waals surface area contributed by atoms with Gasteiger partial charge in [0.1, 0.15) is 5.75 Å². The number of aliphatic carboxylic acids is 1. The van der Waals surface area contributed by atoms with Crippen LogP contribution in [0.25, 0.3) is 6.08 Å². The Hall–Kier alpha value is -2.30. The summed E-state index contributed by atoms with van der Waals surface area (Å²) in [5.74, 6) is -1.04. The van der Waals surface area contributed by atoms with E-state index in [9.17, 15) is 9.59 Å². The number of para-hydroxylation sites is 1. The number of rotatable bonds is 5. The SMILES string of the molecule is CC(=O)OC(C)Oc1ccccc1/C=C/C(=O)O. The van der Waals surface area contributed by atoms with Gasteiger partial charge in [0.15, 0.2) is 0 Å². The largest absolute Gasteiger partial charge is 0.478 e. The minimum atomic E-state index is -1.04. The Morgan fingerprint density at radius 1 is 1.33 bits per heavy atom. The van der Waals surface area contributed by atoms with Crippen LogP contribution < -0.4 is 4.74 Å². The van der Waals surface area contributed by atoms with Gasteiger partial charge in [0.25, 0.3) is 0 Å². The molecule has 1 aromatic rings. The van der Waals surface area contributed by atoms with Gasteiger partial charge in [-0.1, -0.05) is 18.2 Å². The third-order valence-corrected chi connectivity index (χ3v) is 1.95. The number of ether oxygens (including phenoxy) is 2. The highest BCUT2D eigenvalue weighted by Gasteiger charge is 2.08. The van der Waals surface area contributed by atoms with Gasteiger partial charge in [-0.05, 0) is 12.1 Å². The van der Waals surface area contributed by atoms with Crippen molar-refractivity contribution in [3.8, 4) is 5.75 Å². The van der Waals surface area contributed by atoms with E-state index in [-0.39, 0.29) is 0 Å². The predicted molar refractivity (Wildman–Crippen MR) is 65.0 cm³/mol. The molecule has 1 atom stereocenters. The Kier molecular flexibility index (Phi) is 4.92. The minimum Gasteiger partial charge on any atom is -0.478 e. The van der Waals surface area contributed by atoms with Gasteiger partial charge in [-0.2, -0.15) is 0 Å². The summed E-state index contributed by atoms with van der Waals surface area (Å²) in [4.78, 5) is 21.2. The van der Waals surface area contributed by atoms with Crippen LogP contribution in [-0.2, 0) is 14.3 Å². The van der Waals surface area contributed by atoms with E-state index in [1.807, 2.05) is 0 Å². The van der Waals surface area contributed by atoms with Crippen molar-refractivity contribution in [2.45, 2.75) is 20.1 Å². The normalized spacial score (nSPS) is 12.1.